The predicted molar refractivity (Wildman–Crippen MR) is 62.9 cm³/mol. The van der Waals surface area contributed by atoms with Crippen molar-refractivity contribution >= 4 is 5.78 Å². The Balaban J connectivity index is 0.000000162. The van der Waals surface area contributed by atoms with E-state index in [1.807, 2.05) is 66.7 Å². The molecule has 76 valence electrons. The van der Waals surface area contributed by atoms with E-state index in [2.05, 4.69) is 0 Å². The summed E-state index contributed by atoms with van der Waals surface area (Å²) in [6.07, 6.45) is 0. The molecule has 0 aliphatic carbocycles. The van der Waals surface area contributed by atoms with E-state index in [-0.39, 0.29) is 5.78 Å². The molecular weight excluding hydrogens is 184 g/mol. The van der Waals surface area contributed by atoms with E-state index < -0.39 is 0 Å². The van der Waals surface area contributed by atoms with Crippen LogP contribution in [0.3, 0.4) is 0 Å². The SMILES string of the molecule is CC(=O)c1ccccc1.c1ccccc1. The van der Waals surface area contributed by atoms with Gasteiger partial charge in [0.25, 0.3) is 0 Å². The van der Waals surface area contributed by atoms with Gasteiger partial charge in [-0.05, 0) is 6.92 Å². The largest absolute Gasteiger partial charge is 0.295 e. The Kier molecular flexibility index (Phi) is 4.88. The second-order valence-corrected chi connectivity index (χ2v) is 3.08. The topological polar surface area (TPSA) is 17.1 Å². The van der Waals surface area contributed by atoms with Gasteiger partial charge in [0.15, 0.2) is 5.78 Å². The molecule has 0 aromatic heterocycles. The molecule has 0 aliphatic rings. The Hall–Kier alpha value is -1.89. The molecule has 1 nitrogen and oxygen atoms in total. The van der Waals surface area contributed by atoms with Crippen molar-refractivity contribution in [3.05, 3.63) is 72.3 Å². The average molecular weight is 198 g/mol. The molecule has 0 radical (unpaired) electrons. The van der Waals surface area contributed by atoms with Crippen LogP contribution in [-0.2, 0) is 0 Å². The van der Waals surface area contributed by atoms with Crippen LogP contribution in [0.2, 0.25) is 0 Å². The fourth-order valence-electron chi connectivity index (χ4n) is 1.06. The smallest absolute Gasteiger partial charge is 0.159 e. The van der Waals surface area contributed by atoms with Crippen LogP contribution in [0, 0.1) is 0 Å². The van der Waals surface area contributed by atoms with E-state index in [0.717, 1.165) is 5.56 Å². The number of hydrogen-bond acceptors (Lipinski definition) is 1. The molecule has 0 amide bonds. The third kappa shape index (κ3) is 4.77. The summed E-state index contributed by atoms with van der Waals surface area (Å²) in [5.41, 5.74) is 0.775. The molecule has 0 N–H and O–H groups in total. The maximum Gasteiger partial charge on any atom is 0.159 e. The van der Waals surface area contributed by atoms with Crippen LogP contribution in [-0.4, -0.2) is 5.78 Å². The molecule has 0 unspecified atom stereocenters. The zero-order valence-corrected chi connectivity index (χ0v) is 8.76. The summed E-state index contributed by atoms with van der Waals surface area (Å²) in [7, 11) is 0. The maximum absolute atomic E-state index is 10.6. The van der Waals surface area contributed by atoms with Crippen molar-refractivity contribution in [1.29, 1.82) is 0 Å². The number of rotatable bonds is 1. The Morgan fingerprint density at radius 1 is 0.733 bits per heavy atom. The Morgan fingerprint density at radius 2 is 1.07 bits per heavy atom. The van der Waals surface area contributed by atoms with Gasteiger partial charge < -0.3 is 0 Å². The summed E-state index contributed by atoms with van der Waals surface area (Å²) < 4.78 is 0. The predicted octanol–water partition coefficient (Wildman–Crippen LogP) is 3.58. The van der Waals surface area contributed by atoms with E-state index in [9.17, 15) is 4.79 Å². The minimum absolute atomic E-state index is 0.121. The first-order valence-corrected chi connectivity index (χ1v) is 4.86. The van der Waals surface area contributed by atoms with Crippen LogP contribution in [0.1, 0.15) is 17.3 Å². The van der Waals surface area contributed by atoms with Crippen molar-refractivity contribution in [2.45, 2.75) is 6.92 Å². The number of carbonyl (C=O) groups excluding carboxylic acids is 1. The maximum atomic E-state index is 10.6. The molecule has 2 aromatic rings. The van der Waals surface area contributed by atoms with Crippen LogP contribution in [0.15, 0.2) is 66.7 Å². The van der Waals surface area contributed by atoms with Gasteiger partial charge in [-0.1, -0.05) is 66.7 Å². The highest BCUT2D eigenvalue weighted by molar-refractivity contribution is 5.93. The van der Waals surface area contributed by atoms with E-state index in [1.165, 1.54) is 0 Å². The van der Waals surface area contributed by atoms with Gasteiger partial charge in [-0.2, -0.15) is 0 Å². The monoisotopic (exact) mass is 198 g/mol. The highest BCUT2D eigenvalue weighted by atomic mass is 16.1. The minimum Gasteiger partial charge on any atom is -0.295 e. The summed E-state index contributed by atoms with van der Waals surface area (Å²) in [6, 6.07) is 21.2. The molecule has 0 saturated heterocycles. The van der Waals surface area contributed by atoms with Gasteiger partial charge in [0.05, 0.1) is 0 Å². The molecule has 2 aromatic carbocycles. The van der Waals surface area contributed by atoms with Crippen molar-refractivity contribution < 1.29 is 4.79 Å². The van der Waals surface area contributed by atoms with Crippen molar-refractivity contribution in [3.8, 4) is 0 Å². The fourth-order valence-corrected chi connectivity index (χ4v) is 1.06. The van der Waals surface area contributed by atoms with Gasteiger partial charge in [-0.3, -0.25) is 4.79 Å². The Bertz CT molecular complexity index is 352. The lowest BCUT2D eigenvalue weighted by Gasteiger charge is -1.89. The molecule has 0 aliphatic heterocycles. The lowest BCUT2D eigenvalue weighted by atomic mass is 10.2. The zero-order chi connectivity index (χ0) is 10.9. The van der Waals surface area contributed by atoms with Crippen molar-refractivity contribution in [2.24, 2.45) is 0 Å². The number of benzene rings is 2. The van der Waals surface area contributed by atoms with Crippen LogP contribution in [0.4, 0.5) is 0 Å². The molecule has 0 fully saturated rings. The number of hydrogen-bond donors (Lipinski definition) is 0. The molecular formula is C14H14O. The number of ketones is 1. The van der Waals surface area contributed by atoms with Crippen LogP contribution >= 0.6 is 0 Å². The minimum atomic E-state index is 0.121. The van der Waals surface area contributed by atoms with Gasteiger partial charge in [0, 0.05) is 5.56 Å². The van der Waals surface area contributed by atoms with E-state index in [1.54, 1.807) is 6.92 Å². The third-order valence-corrected chi connectivity index (χ3v) is 1.85. The first-order chi connectivity index (χ1) is 7.30. The molecule has 0 atom stereocenters. The highest BCUT2D eigenvalue weighted by Crippen LogP contribution is 1.97. The second-order valence-electron chi connectivity index (χ2n) is 3.08. The summed E-state index contributed by atoms with van der Waals surface area (Å²) in [5.74, 6) is 0.121. The third-order valence-electron chi connectivity index (χ3n) is 1.85. The summed E-state index contributed by atoms with van der Waals surface area (Å²) in [6.45, 7) is 1.56. The van der Waals surface area contributed by atoms with Gasteiger partial charge in [-0.15, -0.1) is 0 Å². The first kappa shape index (κ1) is 11.2. The van der Waals surface area contributed by atoms with Crippen molar-refractivity contribution in [2.75, 3.05) is 0 Å². The molecule has 15 heavy (non-hydrogen) atoms. The number of carbonyl (C=O) groups is 1. The highest BCUT2D eigenvalue weighted by Gasteiger charge is 1.92. The standard InChI is InChI=1S/C8H8O.C6H6/c1-7(9)8-5-3-2-4-6-8;1-2-4-6-5-3-1/h2-6H,1H3;1-6H. The zero-order valence-electron chi connectivity index (χ0n) is 8.76. The Labute approximate surface area is 90.4 Å². The van der Waals surface area contributed by atoms with Crippen LogP contribution < -0.4 is 0 Å². The van der Waals surface area contributed by atoms with E-state index >= 15 is 0 Å². The van der Waals surface area contributed by atoms with E-state index in [4.69, 9.17) is 0 Å². The summed E-state index contributed by atoms with van der Waals surface area (Å²) in [5, 5.41) is 0. The quantitative estimate of drug-likeness (QED) is 0.640. The van der Waals surface area contributed by atoms with Gasteiger partial charge >= 0.3 is 0 Å². The van der Waals surface area contributed by atoms with Gasteiger partial charge in [-0.25, -0.2) is 0 Å². The molecule has 0 bridgehead atoms. The second kappa shape index (κ2) is 6.55. The number of Topliss-reactive ketones (excluding diaryl/α,β-unsaturated/α-hetero) is 1. The molecule has 0 heterocycles. The summed E-state index contributed by atoms with van der Waals surface area (Å²) in [4.78, 5) is 10.6. The average Bonchev–Trinajstić information content (AvgIpc) is 2.33. The molecule has 0 spiro atoms. The van der Waals surface area contributed by atoms with Crippen LogP contribution in [0.25, 0.3) is 0 Å². The fraction of sp³-hybridized carbons (Fsp3) is 0.0714. The Morgan fingerprint density at radius 3 is 1.33 bits per heavy atom. The summed E-state index contributed by atoms with van der Waals surface area (Å²) >= 11 is 0. The lowest BCUT2D eigenvalue weighted by Crippen LogP contribution is -1.88. The normalized spacial score (nSPS) is 8.60. The van der Waals surface area contributed by atoms with E-state index in [0.29, 0.717) is 0 Å². The van der Waals surface area contributed by atoms with Gasteiger partial charge in [0.2, 0.25) is 0 Å². The van der Waals surface area contributed by atoms with Crippen molar-refractivity contribution in [3.63, 3.8) is 0 Å². The van der Waals surface area contributed by atoms with Gasteiger partial charge in [0.1, 0.15) is 0 Å². The molecule has 0 saturated carbocycles. The van der Waals surface area contributed by atoms with Crippen LogP contribution in [0.5, 0.6) is 0 Å². The first-order valence-electron chi connectivity index (χ1n) is 4.86. The van der Waals surface area contributed by atoms with Crippen molar-refractivity contribution in [1.82, 2.24) is 0 Å². The molecule has 1 heteroatoms. The lowest BCUT2D eigenvalue weighted by molar-refractivity contribution is 0.101. The molecule has 2 rings (SSSR count).